The lowest BCUT2D eigenvalue weighted by molar-refractivity contribution is 0.572. The zero-order chi connectivity index (χ0) is 18.0. The van der Waals surface area contributed by atoms with Crippen molar-refractivity contribution < 1.29 is 0 Å². The van der Waals surface area contributed by atoms with Crippen LogP contribution in [-0.2, 0) is 20.1 Å². The molecule has 3 rings (SSSR count). The number of anilines is 1. The zero-order valence-corrected chi connectivity index (χ0v) is 14.4. The molecular formula is C17H20N6O2. The van der Waals surface area contributed by atoms with Crippen molar-refractivity contribution >= 4 is 17.1 Å². The third-order valence-electron chi connectivity index (χ3n) is 4.28. The Balaban J connectivity index is 2.33. The van der Waals surface area contributed by atoms with E-state index in [4.69, 9.17) is 6.42 Å². The molecule has 1 aliphatic heterocycles. The standard InChI is InChI=1S/C17H20N6O2/c1-4-6-10-22-13-14(19-16(22)21-11-7-18-8-12-21)20(3)17(25)23(9-5-2)15(13)24/h2,18H,7-12H2,1,3H3. The first-order valence-electron chi connectivity index (χ1n) is 8.09. The topological polar surface area (TPSA) is 77.1 Å². The maximum atomic E-state index is 12.9. The Bertz CT molecular complexity index is 1020. The molecule has 2 aromatic rings. The number of hydrogen-bond donors (Lipinski definition) is 1. The van der Waals surface area contributed by atoms with E-state index >= 15 is 0 Å². The van der Waals surface area contributed by atoms with Gasteiger partial charge in [0.2, 0.25) is 5.95 Å². The Labute approximate surface area is 145 Å². The fourth-order valence-electron chi connectivity index (χ4n) is 3.00. The van der Waals surface area contributed by atoms with Crippen LogP contribution in [0.3, 0.4) is 0 Å². The van der Waals surface area contributed by atoms with E-state index in [1.54, 1.807) is 18.5 Å². The molecule has 2 aromatic heterocycles. The highest BCUT2D eigenvalue weighted by atomic mass is 16.2. The minimum absolute atomic E-state index is 0.0744. The monoisotopic (exact) mass is 340 g/mol. The van der Waals surface area contributed by atoms with Gasteiger partial charge in [-0.15, -0.1) is 12.3 Å². The number of imidazole rings is 1. The lowest BCUT2D eigenvalue weighted by atomic mass is 10.4. The van der Waals surface area contributed by atoms with Gasteiger partial charge in [-0.3, -0.25) is 13.9 Å². The van der Waals surface area contributed by atoms with Crippen LogP contribution in [0.1, 0.15) is 6.92 Å². The molecule has 0 atom stereocenters. The third kappa shape index (κ3) is 2.81. The molecule has 0 unspecified atom stereocenters. The van der Waals surface area contributed by atoms with Crippen LogP contribution in [0, 0.1) is 24.2 Å². The highest BCUT2D eigenvalue weighted by Gasteiger charge is 2.23. The van der Waals surface area contributed by atoms with Crippen molar-refractivity contribution in [2.75, 3.05) is 31.1 Å². The van der Waals surface area contributed by atoms with E-state index in [1.165, 1.54) is 4.57 Å². The van der Waals surface area contributed by atoms with Gasteiger partial charge in [-0.2, -0.15) is 4.98 Å². The molecule has 0 aliphatic carbocycles. The molecule has 1 N–H and O–H groups in total. The molecule has 8 heteroatoms. The Kier molecular flexibility index (Phi) is 4.64. The van der Waals surface area contributed by atoms with Gasteiger partial charge in [0.25, 0.3) is 5.56 Å². The molecule has 0 bridgehead atoms. The van der Waals surface area contributed by atoms with E-state index in [0.29, 0.717) is 23.7 Å². The Hall–Kier alpha value is -2.97. The molecule has 0 radical (unpaired) electrons. The molecular weight excluding hydrogens is 320 g/mol. The van der Waals surface area contributed by atoms with E-state index in [2.05, 4.69) is 33.0 Å². The highest BCUT2D eigenvalue weighted by molar-refractivity contribution is 5.74. The van der Waals surface area contributed by atoms with Gasteiger partial charge in [-0.05, 0) is 6.92 Å². The van der Waals surface area contributed by atoms with Gasteiger partial charge in [-0.25, -0.2) is 9.36 Å². The van der Waals surface area contributed by atoms with Crippen molar-refractivity contribution in [2.45, 2.75) is 20.0 Å². The number of rotatable bonds is 3. The van der Waals surface area contributed by atoms with Crippen molar-refractivity contribution in [3.05, 3.63) is 20.8 Å². The van der Waals surface area contributed by atoms with Gasteiger partial charge in [0.1, 0.15) is 0 Å². The maximum Gasteiger partial charge on any atom is 0.333 e. The molecule has 0 saturated carbocycles. The molecule has 0 spiro atoms. The number of fused-ring (bicyclic) bond motifs is 1. The summed E-state index contributed by atoms with van der Waals surface area (Å²) in [5, 5.41) is 3.29. The summed E-state index contributed by atoms with van der Waals surface area (Å²) >= 11 is 0. The predicted octanol–water partition coefficient (Wildman–Crippen LogP) is -1.04. The SMILES string of the molecule is C#CCn1c(=O)c2c(nc(N3CCNCC3)n2CC#CC)n(C)c1=O. The van der Waals surface area contributed by atoms with Gasteiger partial charge in [0.15, 0.2) is 11.2 Å². The number of piperazine rings is 1. The summed E-state index contributed by atoms with van der Waals surface area (Å²) in [5.74, 6) is 8.86. The van der Waals surface area contributed by atoms with Crippen LogP contribution in [0.25, 0.3) is 11.2 Å². The highest BCUT2D eigenvalue weighted by Crippen LogP contribution is 2.19. The summed E-state index contributed by atoms with van der Waals surface area (Å²) in [6, 6.07) is 0. The quantitative estimate of drug-likeness (QED) is 0.723. The summed E-state index contributed by atoms with van der Waals surface area (Å²) < 4.78 is 4.21. The number of nitrogens with zero attached hydrogens (tertiary/aromatic N) is 5. The number of aromatic nitrogens is 4. The summed E-state index contributed by atoms with van der Waals surface area (Å²) in [6.45, 7) is 5.22. The molecule has 8 nitrogen and oxygen atoms in total. The van der Waals surface area contributed by atoms with E-state index in [9.17, 15) is 9.59 Å². The van der Waals surface area contributed by atoms with Gasteiger partial charge < -0.3 is 10.2 Å². The van der Waals surface area contributed by atoms with E-state index in [1.807, 2.05) is 0 Å². The number of hydrogen-bond acceptors (Lipinski definition) is 5. The summed E-state index contributed by atoms with van der Waals surface area (Å²) in [7, 11) is 1.60. The lowest BCUT2D eigenvalue weighted by Gasteiger charge is -2.28. The summed E-state index contributed by atoms with van der Waals surface area (Å²) in [4.78, 5) is 32.0. The second-order valence-corrected chi connectivity index (χ2v) is 5.77. The number of terminal acetylenes is 1. The molecule has 0 aromatic carbocycles. The summed E-state index contributed by atoms with van der Waals surface area (Å²) in [5.41, 5.74) is -0.181. The smallest absolute Gasteiger partial charge is 0.333 e. The van der Waals surface area contributed by atoms with E-state index in [-0.39, 0.29) is 6.54 Å². The average Bonchev–Trinajstić information content (AvgIpc) is 3.02. The molecule has 0 amide bonds. The average molecular weight is 340 g/mol. The van der Waals surface area contributed by atoms with Crippen LogP contribution < -0.4 is 21.5 Å². The van der Waals surface area contributed by atoms with Gasteiger partial charge in [0, 0.05) is 33.2 Å². The molecule has 1 fully saturated rings. The first-order chi connectivity index (χ1) is 12.1. The van der Waals surface area contributed by atoms with Gasteiger partial charge in [0.05, 0.1) is 13.1 Å². The van der Waals surface area contributed by atoms with Gasteiger partial charge in [-0.1, -0.05) is 11.8 Å². The predicted molar refractivity (Wildman–Crippen MR) is 96.6 cm³/mol. The first-order valence-corrected chi connectivity index (χ1v) is 8.09. The Morgan fingerprint density at radius 3 is 2.56 bits per heavy atom. The van der Waals surface area contributed by atoms with Crippen LogP contribution in [0.5, 0.6) is 0 Å². The summed E-state index contributed by atoms with van der Waals surface area (Å²) in [6.07, 6.45) is 5.32. The van der Waals surface area contributed by atoms with Crippen molar-refractivity contribution in [2.24, 2.45) is 7.05 Å². The second-order valence-electron chi connectivity index (χ2n) is 5.77. The zero-order valence-electron chi connectivity index (χ0n) is 14.4. The van der Waals surface area contributed by atoms with Crippen LogP contribution in [0.15, 0.2) is 9.59 Å². The molecule has 1 saturated heterocycles. The van der Waals surface area contributed by atoms with Crippen LogP contribution in [0.2, 0.25) is 0 Å². The van der Waals surface area contributed by atoms with Crippen LogP contribution >= 0.6 is 0 Å². The number of nitrogens with one attached hydrogen (secondary N) is 1. The molecule has 3 heterocycles. The minimum Gasteiger partial charge on any atom is -0.340 e. The lowest BCUT2D eigenvalue weighted by Crippen LogP contribution is -2.44. The van der Waals surface area contributed by atoms with E-state index in [0.717, 1.165) is 30.7 Å². The Morgan fingerprint density at radius 2 is 1.92 bits per heavy atom. The van der Waals surface area contributed by atoms with Crippen LogP contribution in [-0.4, -0.2) is 44.9 Å². The first kappa shape index (κ1) is 16.9. The fourth-order valence-corrected chi connectivity index (χ4v) is 3.00. The maximum absolute atomic E-state index is 12.9. The number of aryl methyl sites for hydroxylation is 1. The van der Waals surface area contributed by atoms with Crippen molar-refractivity contribution in [3.63, 3.8) is 0 Å². The molecule has 25 heavy (non-hydrogen) atoms. The molecule has 130 valence electrons. The fraction of sp³-hybridized carbons (Fsp3) is 0.471. The van der Waals surface area contributed by atoms with Crippen molar-refractivity contribution in [1.82, 2.24) is 24.0 Å². The normalized spacial score (nSPS) is 14.2. The largest absolute Gasteiger partial charge is 0.340 e. The van der Waals surface area contributed by atoms with Gasteiger partial charge >= 0.3 is 5.69 Å². The van der Waals surface area contributed by atoms with Crippen LogP contribution in [0.4, 0.5) is 5.95 Å². The van der Waals surface area contributed by atoms with E-state index < -0.39 is 11.2 Å². The third-order valence-corrected chi connectivity index (χ3v) is 4.28. The second kappa shape index (κ2) is 6.88. The minimum atomic E-state index is -0.464. The van der Waals surface area contributed by atoms with Crippen molar-refractivity contribution in [3.8, 4) is 24.2 Å². The Morgan fingerprint density at radius 1 is 1.20 bits per heavy atom. The van der Waals surface area contributed by atoms with Crippen molar-refractivity contribution in [1.29, 1.82) is 0 Å². The molecule has 1 aliphatic rings.